The Kier molecular flexibility index (Phi) is 5.84. The van der Waals surface area contributed by atoms with Crippen molar-refractivity contribution in [1.29, 1.82) is 0 Å². The zero-order valence-corrected chi connectivity index (χ0v) is 15.5. The molecule has 2 aromatic carbocycles. The number of ether oxygens (including phenoxy) is 1. The Morgan fingerprint density at radius 2 is 1.85 bits per heavy atom. The number of carboxylic acid groups (broad SMARTS) is 1. The number of rotatable bonds is 6. The maximum atomic E-state index is 10.6. The summed E-state index contributed by atoms with van der Waals surface area (Å²) in [7, 11) is 0. The van der Waals surface area contributed by atoms with Crippen LogP contribution >= 0.6 is 23.2 Å². The first-order chi connectivity index (χ1) is 12.9. The average molecular weight is 404 g/mol. The fourth-order valence-corrected chi connectivity index (χ4v) is 3.23. The van der Waals surface area contributed by atoms with Gasteiger partial charge in [0.1, 0.15) is 11.5 Å². The smallest absolute Gasteiger partial charge is 0.341 e. The van der Waals surface area contributed by atoms with Crippen molar-refractivity contribution in [2.75, 3.05) is 6.61 Å². The Morgan fingerprint density at radius 3 is 2.48 bits per heavy atom. The summed E-state index contributed by atoms with van der Waals surface area (Å²) in [6, 6.07) is 12.0. The molecular weight excluding hydrogens is 389 g/mol. The number of carboxylic acids is 1. The van der Waals surface area contributed by atoms with Crippen molar-refractivity contribution in [3.05, 3.63) is 76.0 Å². The molecule has 3 aromatic rings. The molecule has 0 fully saturated rings. The molecule has 1 heterocycles. The lowest BCUT2D eigenvalue weighted by Crippen LogP contribution is -2.09. The van der Waals surface area contributed by atoms with Gasteiger partial charge < -0.3 is 14.9 Å². The number of hydrogen-bond donors (Lipinski definition) is 2. The molecule has 0 aliphatic rings. The van der Waals surface area contributed by atoms with Crippen LogP contribution in [0, 0.1) is 0 Å². The number of aliphatic carboxylic acids is 1. The van der Waals surface area contributed by atoms with E-state index in [1.807, 2.05) is 12.1 Å². The van der Waals surface area contributed by atoms with E-state index in [9.17, 15) is 9.90 Å². The Bertz CT molecular complexity index is 954. The first kappa shape index (κ1) is 19.0. The number of hydrogen-bond acceptors (Lipinski definition) is 4. The van der Waals surface area contributed by atoms with Crippen molar-refractivity contribution < 1.29 is 19.7 Å². The fraction of sp³-hybridized carbons (Fsp3) is 0.100. The molecule has 0 bridgehead atoms. The van der Waals surface area contributed by atoms with Gasteiger partial charge in [0, 0.05) is 40.0 Å². The van der Waals surface area contributed by atoms with E-state index in [1.54, 1.807) is 30.6 Å². The normalized spacial score (nSPS) is 10.6. The van der Waals surface area contributed by atoms with Crippen LogP contribution in [-0.2, 0) is 11.2 Å². The Hall–Kier alpha value is -2.76. The molecule has 0 saturated carbocycles. The number of phenolic OH excluding ortho intramolecular Hbond substituents is 1. The Labute approximate surface area is 165 Å². The summed E-state index contributed by atoms with van der Waals surface area (Å²) in [6.45, 7) is -0.474. The molecule has 0 unspecified atom stereocenters. The maximum Gasteiger partial charge on any atom is 0.341 e. The second-order valence-electron chi connectivity index (χ2n) is 5.82. The van der Waals surface area contributed by atoms with Crippen molar-refractivity contribution in [3.63, 3.8) is 0 Å². The first-order valence-corrected chi connectivity index (χ1v) is 8.74. The largest absolute Gasteiger partial charge is 0.507 e. The lowest BCUT2D eigenvalue weighted by molar-refractivity contribution is -0.139. The molecular formula is C20H15Cl2NO4. The van der Waals surface area contributed by atoms with Gasteiger partial charge in [-0.05, 0) is 41.5 Å². The minimum Gasteiger partial charge on any atom is -0.507 e. The van der Waals surface area contributed by atoms with Gasteiger partial charge in [0.05, 0.1) is 0 Å². The van der Waals surface area contributed by atoms with E-state index in [-0.39, 0.29) is 11.5 Å². The fourth-order valence-electron chi connectivity index (χ4n) is 2.63. The van der Waals surface area contributed by atoms with Gasteiger partial charge in [0.25, 0.3) is 0 Å². The van der Waals surface area contributed by atoms with Gasteiger partial charge >= 0.3 is 5.97 Å². The van der Waals surface area contributed by atoms with E-state index in [1.165, 1.54) is 12.1 Å². The van der Waals surface area contributed by atoms with Crippen molar-refractivity contribution in [2.24, 2.45) is 0 Å². The van der Waals surface area contributed by atoms with Gasteiger partial charge in [-0.1, -0.05) is 35.3 Å². The summed E-state index contributed by atoms with van der Waals surface area (Å²) in [4.78, 5) is 14.7. The third-order valence-electron chi connectivity index (χ3n) is 3.89. The SMILES string of the molecule is O=C(O)COc1cc(Cl)c(Cc2ccc(O)c(-c3cccnc3)c2)c(Cl)c1. The summed E-state index contributed by atoms with van der Waals surface area (Å²) in [6.07, 6.45) is 3.77. The molecule has 0 aliphatic carbocycles. The van der Waals surface area contributed by atoms with Gasteiger partial charge in [-0.2, -0.15) is 0 Å². The number of aromatic hydroxyl groups is 1. The quantitative estimate of drug-likeness (QED) is 0.616. The lowest BCUT2D eigenvalue weighted by atomic mass is 9.99. The van der Waals surface area contributed by atoms with E-state index in [4.69, 9.17) is 33.0 Å². The summed E-state index contributed by atoms with van der Waals surface area (Å²) in [5.74, 6) is -0.641. The molecule has 0 spiro atoms. The van der Waals surface area contributed by atoms with E-state index >= 15 is 0 Å². The second kappa shape index (κ2) is 8.29. The molecule has 7 heteroatoms. The number of phenols is 1. The average Bonchev–Trinajstić information content (AvgIpc) is 2.65. The number of nitrogens with zero attached hydrogens (tertiary/aromatic N) is 1. The standard InChI is InChI=1S/C20H15Cl2NO4/c21-17-8-14(27-11-20(25)26)9-18(22)16(17)7-12-3-4-19(24)15(6-12)13-2-1-5-23-10-13/h1-6,8-10,24H,7,11H2,(H,25,26). The van der Waals surface area contributed by atoms with Crippen molar-refractivity contribution in [2.45, 2.75) is 6.42 Å². The maximum absolute atomic E-state index is 10.6. The van der Waals surface area contributed by atoms with Crippen LogP contribution in [0.2, 0.25) is 10.0 Å². The van der Waals surface area contributed by atoms with Crippen molar-refractivity contribution in [1.82, 2.24) is 4.98 Å². The summed E-state index contributed by atoms with van der Waals surface area (Å²) < 4.78 is 5.12. The number of aromatic nitrogens is 1. The molecule has 0 aliphatic heterocycles. The molecule has 138 valence electrons. The van der Waals surface area contributed by atoms with Crippen LogP contribution < -0.4 is 4.74 Å². The van der Waals surface area contributed by atoms with E-state index in [0.29, 0.717) is 27.6 Å². The van der Waals surface area contributed by atoms with Crippen molar-refractivity contribution in [3.8, 4) is 22.6 Å². The van der Waals surface area contributed by atoms with Gasteiger partial charge in [-0.15, -0.1) is 0 Å². The van der Waals surface area contributed by atoms with Crippen LogP contribution in [-0.4, -0.2) is 27.8 Å². The molecule has 1 aromatic heterocycles. The number of benzene rings is 2. The van der Waals surface area contributed by atoms with Crippen LogP contribution in [0.1, 0.15) is 11.1 Å². The highest BCUT2D eigenvalue weighted by atomic mass is 35.5. The molecule has 0 amide bonds. The number of pyridine rings is 1. The van der Waals surface area contributed by atoms with Crippen LogP contribution in [0.4, 0.5) is 0 Å². The monoisotopic (exact) mass is 403 g/mol. The highest BCUT2D eigenvalue weighted by molar-refractivity contribution is 6.36. The van der Waals surface area contributed by atoms with Crippen LogP contribution in [0.15, 0.2) is 54.9 Å². The molecule has 2 N–H and O–H groups in total. The summed E-state index contributed by atoms with van der Waals surface area (Å²) in [5, 5.41) is 19.6. The molecule has 0 atom stereocenters. The van der Waals surface area contributed by atoms with Crippen molar-refractivity contribution >= 4 is 29.2 Å². The third-order valence-corrected chi connectivity index (χ3v) is 4.57. The molecule has 0 radical (unpaired) electrons. The summed E-state index contributed by atoms with van der Waals surface area (Å²) >= 11 is 12.6. The lowest BCUT2D eigenvalue weighted by Gasteiger charge is -2.12. The van der Waals surface area contributed by atoms with Crippen LogP contribution in [0.25, 0.3) is 11.1 Å². The van der Waals surface area contributed by atoms with Gasteiger partial charge in [-0.25, -0.2) is 4.79 Å². The van der Waals surface area contributed by atoms with Gasteiger partial charge in [0.15, 0.2) is 6.61 Å². The van der Waals surface area contributed by atoms with Crippen LogP contribution in [0.5, 0.6) is 11.5 Å². The summed E-state index contributed by atoms with van der Waals surface area (Å²) in [5.41, 5.74) is 3.04. The minimum absolute atomic E-state index is 0.154. The molecule has 27 heavy (non-hydrogen) atoms. The zero-order valence-electron chi connectivity index (χ0n) is 14.0. The number of halogens is 2. The van der Waals surface area contributed by atoms with Gasteiger partial charge in [-0.3, -0.25) is 4.98 Å². The van der Waals surface area contributed by atoms with Gasteiger partial charge in [0.2, 0.25) is 0 Å². The predicted octanol–water partition coefficient (Wildman–Crippen LogP) is 4.82. The number of carbonyl (C=O) groups is 1. The Morgan fingerprint density at radius 1 is 1.11 bits per heavy atom. The first-order valence-electron chi connectivity index (χ1n) is 7.99. The van der Waals surface area contributed by atoms with E-state index < -0.39 is 12.6 Å². The van der Waals surface area contributed by atoms with E-state index in [2.05, 4.69) is 4.98 Å². The third kappa shape index (κ3) is 4.70. The van der Waals surface area contributed by atoms with Crippen LogP contribution in [0.3, 0.4) is 0 Å². The molecule has 3 rings (SSSR count). The highest BCUT2D eigenvalue weighted by Crippen LogP contribution is 2.34. The molecule has 5 nitrogen and oxygen atoms in total. The zero-order chi connectivity index (χ0) is 19.4. The van der Waals surface area contributed by atoms with E-state index in [0.717, 1.165) is 11.1 Å². The topological polar surface area (TPSA) is 79.7 Å². The Balaban J connectivity index is 1.88. The second-order valence-corrected chi connectivity index (χ2v) is 6.63. The molecule has 0 saturated heterocycles. The minimum atomic E-state index is -1.08. The predicted molar refractivity (Wildman–Crippen MR) is 104 cm³/mol. The highest BCUT2D eigenvalue weighted by Gasteiger charge is 2.13.